The fourth-order valence-electron chi connectivity index (χ4n) is 2.33. The van der Waals surface area contributed by atoms with Crippen LogP contribution in [-0.2, 0) is 6.54 Å². The van der Waals surface area contributed by atoms with Crippen LogP contribution in [0, 0.1) is 0 Å². The third-order valence-electron chi connectivity index (χ3n) is 3.22. The molecule has 100 valence electrons. The van der Waals surface area contributed by atoms with E-state index in [4.69, 9.17) is 4.74 Å². The average molecular weight is 249 g/mol. The van der Waals surface area contributed by atoms with Crippen molar-refractivity contribution in [3.63, 3.8) is 0 Å². The molecule has 18 heavy (non-hydrogen) atoms. The molecule has 0 saturated carbocycles. The second-order valence-corrected chi connectivity index (χ2v) is 5.35. The van der Waals surface area contributed by atoms with Gasteiger partial charge in [0.2, 0.25) is 5.88 Å². The van der Waals surface area contributed by atoms with E-state index in [1.807, 2.05) is 6.07 Å². The Balaban J connectivity index is 1.97. The normalized spacial score (nSPS) is 20.3. The zero-order valence-corrected chi connectivity index (χ0v) is 11.6. The van der Waals surface area contributed by atoms with Crippen molar-refractivity contribution in [2.24, 2.45) is 0 Å². The van der Waals surface area contributed by atoms with E-state index in [1.165, 1.54) is 5.56 Å². The summed E-state index contributed by atoms with van der Waals surface area (Å²) >= 11 is 0. The lowest BCUT2D eigenvalue weighted by Gasteiger charge is -2.20. The predicted octanol–water partition coefficient (Wildman–Crippen LogP) is 1.62. The van der Waals surface area contributed by atoms with Gasteiger partial charge >= 0.3 is 0 Å². The van der Waals surface area contributed by atoms with Gasteiger partial charge in [-0.15, -0.1) is 0 Å². The lowest BCUT2D eigenvalue weighted by molar-refractivity contribution is 0.144. The topological polar surface area (TPSA) is 28.6 Å². The van der Waals surface area contributed by atoms with Crippen molar-refractivity contribution in [3.8, 4) is 5.88 Å². The Morgan fingerprint density at radius 3 is 3.11 bits per heavy atom. The van der Waals surface area contributed by atoms with Crippen molar-refractivity contribution in [2.75, 3.05) is 34.2 Å². The third-order valence-corrected chi connectivity index (χ3v) is 3.22. The average Bonchev–Trinajstić information content (AvgIpc) is 2.46. The summed E-state index contributed by atoms with van der Waals surface area (Å²) in [6.45, 7) is 3.01. The van der Waals surface area contributed by atoms with E-state index in [1.54, 1.807) is 6.20 Å². The molecule has 1 aromatic rings. The van der Waals surface area contributed by atoms with Crippen molar-refractivity contribution in [1.82, 2.24) is 14.8 Å². The molecule has 0 aromatic carbocycles. The fraction of sp³-hybridized carbons (Fsp3) is 0.643. The first-order valence-corrected chi connectivity index (χ1v) is 6.59. The first-order valence-electron chi connectivity index (χ1n) is 6.59. The minimum absolute atomic E-state index is 0.256. The Bertz CT molecular complexity index is 381. The van der Waals surface area contributed by atoms with Crippen LogP contribution in [0.25, 0.3) is 0 Å². The molecule has 1 aliphatic rings. The van der Waals surface area contributed by atoms with Crippen LogP contribution in [0.1, 0.15) is 18.4 Å². The summed E-state index contributed by atoms with van der Waals surface area (Å²) in [6.07, 6.45) is 4.30. The SMILES string of the molecule is CN(C)CCCC1CN(C)Cc2cccnc2O1. The molecule has 1 aliphatic heterocycles. The zero-order valence-electron chi connectivity index (χ0n) is 11.6. The second kappa shape index (κ2) is 6.16. The first kappa shape index (κ1) is 13.3. The van der Waals surface area contributed by atoms with Crippen molar-refractivity contribution < 1.29 is 4.74 Å². The monoisotopic (exact) mass is 249 g/mol. The number of ether oxygens (including phenoxy) is 1. The van der Waals surface area contributed by atoms with Gasteiger partial charge in [0.1, 0.15) is 6.10 Å². The van der Waals surface area contributed by atoms with Gasteiger partial charge in [0.05, 0.1) is 0 Å². The summed E-state index contributed by atoms with van der Waals surface area (Å²) in [5.41, 5.74) is 1.19. The van der Waals surface area contributed by atoms with Gasteiger partial charge in [-0.1, -0.05) is 6.07 Å². The molecule has 1 unspecified atom stereocenters. The van der Waals surface area contributed by atoms with E-state index in [0.29, 0.717) is 0 Å². The molecule has 1 aromatic heterocycles. The number of nitrogens with zero attached hydrogens (tertiary/aromatic N) is 3. The number of fused-ring (bicyclic) bond motifs is 1. The Kier molecular flexibility index (Phi) is 4.55. The highest BCUT2D eigenvalue weighted by atomic mass is 16.5. The molecule has 2 rings (SSSR count). The number of aromatic nitrogens is 1. The van der Waals surface area contributed by atoms with E-state index in [9.17, 15) is 0 Å². The molecule has 0 N–H and O–H groups in total. The maximum absolute atomic E-state index is 6.04. The number of hydrogen-bond acceptors (Lipinski definition) is 4. The van der Waals surface area contributed by atoms with Gasteiger partial charge in [0.15, 0.2) is 0 Å². The molecule has 2 heterocycles. The molecule has 1 atom stereocenters. The van der Waals surface area contributed by atoms with Crippen LogP contribution in [0.15, 0.2) is 18.3 Å². The molecule has 4 heteroatoms. The van der Waals surface area contributed by atoms with Crippen LogP contribution in [0.4, 0.5) is 0 Å². The Morgan fingerprint density at radius 2 is 2.33 bits per heavy atom. The predicted molar refractivity (Wildman–Crippen MR) is 72.8 cm³/mol. The van der Waals surface area contributed by atoms with Gasteiger partial charge in [-0.3, -0.25) is 4.90 Å². The van der Waals surface area contributed by atoms with Crippen molar-refractivity contribution in [3.05, 3.63) is 23.9 Å². The standard InChI is InChI=1S/C14H23N3O/c1-16(2)9-5-7-13-11-17(3)10-12-6-4-8-15-14(12)18-13/h4,6,8,13H,5,7,9-11H2,1-3H3. The quantitative estimate of drug-likeness (QED) is 0.810. The highest BCUT2D eigenvalue weighted by Gasteiger charge is 2.21. The van der Waals surface area contributed by atoms with Crippen molar-refractivity contribution in [1.29, 1.82) is 0 Å². The van der Waals surface area contributed by atoms with Crippen LogP contribution in [0.3, 0.4) is 0 Å². The van der Waals surface area contributed by atoms with Gasteiger partial charge < -0.3 is 9.64 Å². The van der Waals surface area contributed by atoms with E-state index in [2.05, 4.69) is 42.0 Å². The summed E-state index contributed by atoms with van der Waals surface area (Å²) in [5, 5.41) is 0. The third kappa shape index (κ3) is 3.68. The largest absolute Gasteiger partial charge is 0.473 e. The van der Waals surface area contributed by atoms with E-state index < -0.39 is 0 Å². The van der Waals surface area contributed by atoms with Crippen LogP contribution >= 0.6 is 0 Å². The molecular weight excluding hydrogens is 226 g/mol. The summed E-state index contributed by atoms with van der Waals surface area (Å²) in [7, 11) is 6.36. The zero-order chi connectivity index (χ0) is 13.0. The van der Waals surface area contributed by atoms with Crippen LogP contribution in [-0.4, -0.2) is 55.1 Å². The minimum Gasteiger partial charge on any atom is -0.473 e. The molecule has 0 spiro atoms. The molecule has 0 fully saturated rings. The summed E-state index contributed by atoms with van der Waals surface area (Å²) in [5.74, 6) is 0.816. The lowest BCUT2D eigenvalue weighted by atomic mass is 10.2. The number of pyridine rings is 1. The lowest BCUT2D eigenvalue weighted by Crippen LogP contribution is -2.30. The highest BCUT2D eigenvalue weighted by molar-refractivity contribution is 5.26. The van der Waals surface area contributed by atoms with Crippen LogP contribution in [0.2, 0.25) is 0 Å². The summed E-state index contributed by atoms with van der Waals surface area (Å²) < 4.78 is 6.04. The minimum atomic E-state index is 0.256. The Labute approximate surface area is 110 Å². The van der Waals surface area contributed by atoms with E-state index in [0.717, 1.165) is 38.4 Å². The van der Waals surface area contributed by atoms with Gasteiger partial charge in [0, 0.05) is 24.8 Å². The maximum Gasteiger partial charge on any atom is 0.218 e. The number of likely N-dealkylation sites (N-methyl/N-ethyl adjacent to an activating group) is 1. The van der Waals surface area contributed by atoms with Gasteiger partial charge in [0.25, 0.3) is 0 Å². The van der Waals surface area contributed by atoms with E-state index >= 15 is 0 Å². The Hall–Kier alpha value is -1.13. The van der Waals surface area contributed by atoms with Crippen LogP contribution < -0.4 is 4.74 Å². The first-order chi connectivity index (χ1) is 8.65. The highest BCUT2D eigenvalue weighted by Crippen LogP contribution is 2.22. The van der Waals surface area contributed by atoms with E-state index in [-0.39, 0.29) is 6.10 Å². The van der Waals surface area contributed by atoms with Gasteiger partial charge in [-0.2, -0.15) is 0 Å². The molecule has 0 saturated heterocycles. The molecule has 0 radical (unpaired) electrons. The van der Waals surface area contributed by atoms with Crippen molar-refractivity contribution in [2.45, 2.75) is 25.5 Å². The number of rotatable bonds is 4. The fourth-order valence-corrected chi connectivity index (χ4v) is 2.33. The van der Waals surface area contributed by atoms with Gasteiger partial charge in [-0.05, 0) is 46.6 Å². The smallest absolute Gasteiger partial charge is 0.218 e. The molecule has 0 amide bonds. The second-order valence-electron chi connectivity index (χ2n) is 5.35. The van der Waals surface area contributed by atoms with Crippen molar-refractivity contribution >= 4 is 0 Å². The number of hydrogen-bond donors (Lipinski definition) is 0. The molecule has 0 aliphatic carbocycles. The Morgan fingerprint density at radius 1 is 1.50 bits per heavy atom. The molecular formula is C14H23N3O. The summed E-state index contributed by atoms with van der Waals surface area (Å²) in [6, 6.07) is 4.07. The molecule has 0 bridgehead atoms. The molecule has 4 nitrogen and oxygen atoms in total. The summed E-state index contributed by atoms with van der Waals surface area (Å²) in [4.78, 5) is 8.88. The van der Waals surface area contributed by atoms with Gasteiger partial charge in [-0.25, -0.2) is 4.98 Å². The maximum atomic E-state index is 6.04. The van der Waals surface area contributed by atoms with Crippen LogP contribution in [0.5, 0.6) is 5.88 Å².